The highest BCUT2D eigenvalue weighted by Crippen LogP contribution is 2.65. The first-order chi connectivity index (χ1) is 67.0. The second kappa shape index (κ2) is 31.9. The van der Waals surface area contributed by atoms with Crippen molar-refractivity contribution in [3.8, 4) is 83.8 Å². The van der Waals surface area contributed by atoms with Crippen LogP contribution in [0.5, 0.6) is 0 Å². The third-order valence-corrected chi connectivity index (χ3v) is 29.8. The van der Waals surface area contributed by atoms with Crippen LogP contribution < -0.4 is 9.80 Å². The monoisotopic (exact) mass is 1750 g/mol. The van der Waals surface area contributed by atoms with E-state index in [9.17, 15) is 0 Å². The van der Waals surface area contributed by atoms with Crippen molar-refractivity contribution in [1.82, 2.24) is 18.7 Å². The number of aryl methyl sites for hydroxylation is 1. The smallest absolute Gasteiger partial charge is 0.0726 e. The molecule has 0 saturated carbocycles. The molecule has 0 aliphatic heterocycles. The summed E-state index contributed by atoms with van der Waals surface area (Å²) in [5.74, 6) is 0. The SMILES string of the molecule is CC(C)(C)c1ccc(-c2ccc(N(c3ccc(-c4ccc5c(c4)c4ccccc4n5-c4ccc5c6ccccc6n(-c6ccccc6)c5c4)cc3)c3cccc4c3-c3ccccc3C43c4ccccc4-c4ccccc43)cc2)cc1.Cc1ccc(N(c2ccc(-c3ccccc3)cc2)c2ccc(-c3ccc4c(c3)c3cc5ccccc5cc3n4-c3ccc4sc5ccccc5c4c3)cc2)cn1. The Labute approximate surface area is 793 Å². The lowest BCUT2D eigenvalue weighted by Crippen LogP contribution is -2.26. The molecule has 27 rings (SSSR count). The van der Waals surface area contributed by atoms with Crippen LogP contribution in [0, 0.1) is 6.92 Å². The molecule has 25 aromatic rings. The first kappa shape index (κ1) is 79.9. The van der Waals surface area contributed by atoms with Gasteiger partial charge >= 0.3 is 0 Å². The molecule has 2 aliphatic carbocycles. The zero-order chi connectivity index (χ0) is 90.4. The van der Waals surface area contributed by atoms with Gasteiger partial charge in [-0.25, -0.2) is 0 Å². The highest BCUT2D eigenvalue weighted by molar-refractivity contribution is 7.25. The van der Waals surface area contributed by atoms with E-state index in [4.69, 9.17) is 0 Å². The van der Waals surface area contributed by atoms with Gasteiger partial charge in [-0.05, 0) is 276 Å². The fourth-order valence-corrected chi connectivity index (χ4v) is 23.3. The Morgan fingerprint density at radius 3 is 1.25 bits per heavy atom. The number of thiophene rings is 1. The van der Waals surface area contributed by atoms with E-state index in [1.165, 1.54) is 191 Å². The molecule has 0 unspecified atom stereocenters. The Morgan fingerprint density at radius 1 is 0.250 bits per heavy atom. The third kappa shape index (κ3) is 13.0. The molecule has 7 heteroatoms. The summed E-state index contributed by atoms with van der Waals surface area (Å²) < 4.78 is 9.93. The predicted molar refractivity (Wildman–Crippen MR) is 575 cm³/mol. The molecule has 0 N–H and O–H groups in total. The Bertz CT molecular complexity index is 9000. The van der Waals surface area contributed by atoms with E-state index in [-0.39, 0.29) is 5.41 Å². The number of fused-ring (bicyclic) bond motifs is 23. The minimum absolute atomic E-state index is 0.0884. The van der Waals surface area contributed by atoms with Crippen LogP contribution in [0.1, 0.15) is 54.3 Å². The van der Waals surface area contributed by atoms with Crippen LogP contribution in [-0.2, 0) is 10.8 Å². The molecule has 0 fully saturated rings. The van der Waals surface area contributed by atoms with Gasteiger partial charge in [0.2, 0.25) is 0 Å². The number of rotatable bonds is 13. The third-order valence-electron chi connectivity index (χ3n) is 28.6. The van der Waals surface area contributed by atoms with E-state index in [1.54, 1.807) is 0 Å². The summed E-state index contributed by atoms with van der Waals surface area (Å²) in [6, 6.07) is 173. The fourth-order valence-electron chi connectivity index (χ4n) is 22.2. The van der Waals surface area contributed by atoms with E-state index in [0.29, 0.717) is 0 Å². The van der Waals surface area contributed by atoms with Crippen molar-refractivity contribution in [2.24, 2.45) is 0 Å². The lowest BCUT2D eigenvalue weighted by molar-refractivity contribution is 0.590. The molecule has 1 spiro atoms. The largest absolute Gasteiger partial charge is 0.310 e. The van der Waals surface area contributed by atoms with Gasteiger partial charge in [-0.1, -0.05) is 324 Å². The van der Waals surface area contributed by atoms with Crippen molar-refractivity contribution in [1.29, 1.82) is 0 Å². The maximum absolute atomic E-state index is 4.66. The molecule has 0 bridgehead atoms. The average molecular weight is 1760 g/mol. The fraction of sp³-hybridized carbons (Fsp3) is 0.0465. The number of benzene rings is 20. The van der Waals surface area contributed by atoms with Gasteiger partial charge in [0.05, 0.1) is 56.1 Å². The minimum Gasteiger partial charge on any atom is -0.310 e. The Morgan fingerprint density at radius 2 is 0.654 bits per heavy atom. The zero-order valence-corrected chi connectivity index (χ0v) is 76.4. The van der Waals surface area contributed by atoms with Crippen molar-refractivity contribution in [3.05, 3.63) is 507 Å². The molecule has 6 nitrogen and oxygen atoms in total. The van der Waals surface area contributed by atoms with E-state index >= 15 is 0 Å². The quantitative estimate of drug-likeness (QED) is 0.115. The van der Waals surface area contributed by atoms with Gasteiger partial charge in [0, 0.05) is 104 Å². The van der Waals surface area contributed by atoms with Gasteiger partial charge in [0.25, 0.3) is 0 Å². The molecule has 0 amide bonds. The van der Waals surface area contributed by atoms with E-state index in [1.807, 2.05) is 24.5 Å². The summed E-state index contributed by atoms with van der Waals surface area (Å²) in [4.78, 5) is 9.43. The number of para-hydroxylation sites is 3. The van der Waals surface area contributed by atoms with Gasteiger partial charge in [-0.3, -0.25) is 4.98 Å². The van der Waals surface area contributed by atoms with Crippen LogP contribution in [0.15, 0.2) is 473 Å². The summed E-state index contributed by atoms with van der Waals surface area (Å²) in [6.07, 6.45) is 1.96. The molecule has 5 heterocycles. The Kier molecular flexibility index (Phi) is 18.8. The molecule has 0 atom stereocenters. The van der Waals surface area contributed by atoms with Gasteiger partial charge < -0.3 is 23.5 Å². The lowest BCUT2D eigenvalue weighted by atomic mass is 9.70. The highest BCUT2D eigenvalue weighted by atomic mass is 32.1. The van der Waals surface area contributed by atoms with Gasteiger partial charge in [0.15, 0.2) is 0 Å². The average Bonchev–Trinajstić information content (AvgIpc) is 1.50. The van der Waals surface area contributed by atoms with Crippen molar-refractivity contribution >= 4 is 142 Å². The standard InChI is InChI=1S/C77H55N3.C52H35N3S/c1-76(2,3)54-39-32-50(33-40-54)51-34-41-56(42-35-51)78(73-31-17-28-69-75(73)64-24-9-14-27-68(64)77(69)66-25-12-7-20-59(66)60-21-8-13-26-67(60)77)57-43-36-52(37-44-57)53-38-47-72-65(48-53)62-23-11-16-30-71(62)80(72)58-45-46-63-61-22-10-15-29-70(61)79(74(63)49-58)55-18-5-4-6-19-55;1-34-15-21-44(33-53-34)54(41-22-16-36(17-23-41)35-9-3-2-4-10-35)42-24-18-37(19-25-42)40-20-27-49-46(30-40)47-29-38-11-5-6-12-39(38)31-50(47)55(49)43-26-28-52-48(32-43)45-13-7-8-14-51(45)56-52/h4-49H,1-3H3;2-33H,1H3. The summed E-state index contributed by atoms with van der Waals surface area (Å²) in [7, 11) is 0. The van der Waals surface area contributed by atoms with E-state index in [2.05, 4.69) is 516 Å². The Hall–Kier alpha value is -17.0. The van der Waals surface area contributed by atoms with Crippen LogP contribution in [0.25, 0.3) is 180 Å². The number of aromatic nitrogens is 4. The molecular weight excluding hydrogens is 1670 g/mol. The molecule has 642 valence electrons. The van der Waals surface area contributed by atoms with Crippen LogP contribution in [0.2, 0.25) is 0 Å². The highest BCUT2D eigenvalue weighted by Gasteiger charge is 2.52. The second-order valence-corrected chi connectivity index (χ2v) is 38.4. The first-order valence-electron chi connectivity index (χ1n) is 47.0. The van der Waals surface area contributed by atoms with Crippen LogP contribution >= 0.6 is 11.3 Å². The number of hydrogen-bond donors (Lipinski definition) is 0. The molecule has 136 heavy (non-hydrogen) atoms. The van der Waals surface area contributed by atoms with Gasteiger partial charge in [-0.2, -0.15) is 0 Å². The topological polar surface area (TPSA) is 34.2 Å². The summed E-state index contributed by atoms with van der Waals surface area (Å²) in [6.45, 7) is 8.85. The van der Waals surface area contributed by atoms with Gasteiger partial charge in [-0.15, -0.1) is 11.3 Å². The molecule has 0 saturated heterocycles. The number of pyridine rings is 1. The second-order valence-electron chi connectivity index (χ2n) is 37.3. The number of hydrogen-bond acceptors (Lipinski definition) is 4. The number of nitrogens with zero attached hydrogens (tertiary/aromatic N) is 6. The van der Waals surface area contributed by atoms with Gasteiger partial charge in [0.1, 0.15) is 0 Å². The molecule has 20 aromatic carbocycles. The summed E-state index contributed by atoms with van der Waals surface area (Å²) in [5, 5.41) is 12.6. The lowest BCUT2D eigenvalue weighted by Gasteiger charge is -2.32. The van der Waals surface area contributed by atoms with Crippen LogP contribution in [-0.4, -0.2) is 18.7 Å². The molecule has 2 aliphatic rings. The summed E-state index contributed by atoms with van der Waals surface area (Å²) in [5.41, 5.74) is 39.1. The molecular formula is C129H90N6S. The maximum atomic E-state index is 4.66. The van der Waals surface area contributed by atoms with Crippen molar-refractivity contribution < 1.29 is 0 Å². The van der Waals surface area contributed by atoms with E-state index < -0.39 is 5.41 Å². The van der Waals surface area contributed by atoms with Crippen LogP contribution in [0.4, 0.5) is 34.1 Å². The molecule has 0 radical (unpaired) electrons. The zero-order valence-electron chi connectivity index (χ0n) is 75.6. The van der Waals surface area contributed by atoms with Crippen LogP contribution in [0.3, 0.4) is 0 Å². The summed E-state index contributed by atoms with van der Waals surface area (Å²) >= 11 is 1.86. The minimum atomic E-state index is -0.454. The van der Waals surface area contributed by atoms with Crippen molar-refractivity contribution in [2.75, 3.05) is 9.80 Å². The molecule has 5 aromatic heterocycles. The van der Waals surface area contributed by atoms with Crippen molar-refractivity contribution in [2.45, 2.75) is 38.5 Å². The predicted octanol–water partition coefficient (Wildman–Crippen LogP) is 35.1. The van der Waals surface area contributed by atoms with E-state index in [0.717, 1.165) is 56.8 Å². The number of anilines is 6. The Balaban J connectivity index is 0.000000150. The maximum Gasteiger partial charge on any atom is 0.0726 e. The normalized spacial score (nSPS) is 12.5. The first-order valence-corrected chi connectivity index (χ1v) is 47.8. The van der Waals surface area contributed by atoms with Crippen molar-refractivity contribution in [3.63, 3.8) is 0 Å².